The molecule has 3 heterocycles. The van der Waals surface area contributed by atoms with E-state index in [1.165, 1.54) is 19.4 Å². The number of nitrogens with one attached hydrogen (secondary N) is 1. The topological polar surface area (TPSA) is 59.5 Å². The van der Waals surface area contributed by atoms with Crippen LogP contribution in [0.3, 0.4) is 0 Å². The van der Waals surface area contributed by atoms with Crippen molar-refractivity contribution in [2.45, 2.75) is 38.8 Å². The lowest BCUT2D eigenvalue weighted by Gasteiger charge is -2.35. The van der Waals surface area contributed by atoms with Crippen LogP contribution in [0.2, 0.25) is 0 Å². The molecule has 0 radical (unpaired) electrons. The van der Waals surface area contributed by atoms with Gasteiger partial charge in [0.05, 0.1) is 24.9 Å². The number of fused-ring (bicyclic) bond motifs is 1. The van der Waals surface area contributed by atoms with Crippen LogP contribution in [0.15, 0.2) is 6.33 Å². The molecule has 2 atom stereocenters. The summed E-state index contributed by atoms with van der Waals surface area (Å²) in [5, 5.41) is 3.38. The van der Waals surface area contributed by atoms with Crippen LogP contribution in [0.25, 0.3) is 0 Å². The minimum Gasteiger partial charge on any atom is -0.478 e. The Hall–Kier alpha value is -1.40. The SMILES string of the molecule is CCOc1ncnc(NCC2CN3CCCC3CO2)c1C. The molecule has 2 saturated heterocycles. The lowest BCUT2D eigenvalue weighted by atomic mass is 10.2. The third kappa shape index (κ3) is 3.27. The van der Waals surface area contributed by atoms with E-state index in [1.807, 2.05) is 13.8 Å². The highest BCUT2D eigenvalue weighted by atomic mass is 16.5. The van der Waals surface area contributed by atoms with E-state index < -0.39 is 0 Å². The minimum atomic E-state index is 0.226. The second-order valence-electron chi connectivity index (χ2n) is 5.71. The van der Waals surface area contributed by atoms with E-state index in [9.17, 15) is 0 Å². The van der Waals surface area contributed by atoms with Crippen LogP contribution in [0.1, 0.15) is 25.3 Å². The highest BCUT2D eigenvalue weighted by Gasteiger charge is 2.32. The fourth-order valence-corrected chi connectivity index (χ4v) is 3.11. The molecule has 2 aliphatic rings. The highest BCUT2D eigenvalue weighted by molar-refractivity contribution is 5.47. The summed E-state index contributed by atoms with van der Waals surface area (Å²) < 4.78 is 11.4. The molecule has 0 aromatic carbocycles. The molecule has 2 fully saturated rings. The Labute approximate surface area is 125 Å². The van der Waals surface area contributed by atoms with Crippen molar-refractivity contribution in [3.63, 3.8) is 0 Å². The third-order valence-electron chi connectivity index (χ3n) is 4.28. The molecule has 3 rings (SSSR count). The number of hydrogen-bond acceptors (Lipinski definition) is 6. The molecule has 0 aliphatic carbocycles. The average molecular weight is 292 g/mol. The Morgan fingerprint density at radius 3 is 3.24 bits per heavy atom. The minimum absolute atomic E-state index is 0.226. The molecular weight excluding hydrogens is 268 g/mol. The van der Waals surface area contributed by atoms with Crippen molar-refractivity contribution in [3.05, 3.63) is 11.9 Å². The van der Waals surface area contributed by atoms with Gasteiger partial charge < -0.3 is 14.8 Å². The van der Waals surface area contributed by atoms with E-state index in [2.05, 4.69) is 20.2 Å². The van der Waals surface area contributed by atoms with E-state index in [4.69, 9.17) is 9.47 Å². The van der Waals surface area contributed by atoms with Gasteiger partial charge in [-0.2, -0.15) is 0 Å². The van der Waals surface area contributed by atoms with Gasteiger partial charge in [-0.25, -0.2) is 9.97 Å². The van der Waals surface area contributed by atoms with Gasteiger partial charge in [-0.15, -0.1) is 0 Å². The summed E-state index contributed by atoms with van der Waals surface area (Å²) in [5.41, 5.74) is 0.953. The summed E-state index contributed by atoms with van der Waals surface area (Å²) in [7, 11) is 0. The number of ether oxygens (including phenoxy) is 2. The molecule has 1 aromatic rings. The van der Waals surface area contributed by atoms with Gasteiger partial charge in [0, 0.05) is 19.1 Å². The molecule has 6 nitrogen and oxygen atoms in total. The first-order chi connectivity index (χ1) is 10.3. The van der Waals surface area contributed by atoms with Crippen molar-refractivity contribution in [1.82, 2.24) is 14.9 Å². The van der Waals surface area contributed by atoms with Crippen molar-refractivity contribution in [1.29, 1.82) is 0 Å². The lowest BCUT2D eigenvalue weighted by Crippen LogP contribution is -2.48. The third-order valence-corrected chi connectivity index (χ3v) is 4.28. The Balaban J connectivity index is 1.56. The first-order valence-corrected chi connectivity index (χ1v) is 7.82. The first kappa shape index (κ1) is 14.5. The highest BCUT2D eigenvalue weighted by Crippen LogP contribution is 2.24. The second-order valence-corrected chi connectivity index (χ2v) is 5.71. The number of morpholine rings is 1. The fraction of sp³-hybridized carbons (Fsp3) is 0.733. The Bertz CT molecular complexity index is 483. The standard InChI is InChI=1S/C15H24N4O2/c1-3-20-15-11(2)14(17-10-18-15)16-7-13-8-19-6-4-5-12(19)9-21-13/h10,12-13H,3-9H2,1-2H3,(H,16,17,18). The molecule has 0 spiro atoms. The van der Waals surface area contributed by atoms with Crippen molar-refractivity contribution >= 4 is 5.82 Å². The van der Waals surface area contributed by atoms with Crippen molar-refractivity contribution in [2.75, 3.05) is 38.2 Å². The summed E-state index contributed by atoms with van der Waals surface area (Å²) in [5.74, 6) is 1.49. The van der Waals surface area contributed by atoms with Crippen LogP contribution >= 0.6 is 0 Å². The van der Waals surface area contributed by atoms with Gasteiger partial charge in [0.2, 0.25) is 5.88 Å². The lowest BCUT2D eigenvalue weighted by molar-refractivity contribution is -0.0416. The second kappa shape index (κ2) is 6.58. The molecule has 1 N–H and O–H groups in total. The average Bonchev–Trinajstić information content (AvgIpc) is 2.96. The van der Waals surface area contributed by atoms with Crippen molar-refractivity contribution in [3.8, 4) is 5.88 Å². The smallest absolute Gasteiger partial charge is 0.221 e. The molecule has 116 valence electrons. The van der Waals surface area contributed by atoms with Crippen molar-refractivity contribution in [2.24, 2.45) is 0 Å². The number of hydrogen-bond donors (Lipinski definition) is 1. The molecule has 1 aromatic heterocycles. The summed E-state index contributed by atoms with van der Waals surface area (Å²) in [6.45, 7) is 8.40. The largest absolute Gasteiger partial charge is 0.478 e. The predicted octanol–water partition coefficient (Wildman–Crippen LogP) is 1.46. The van der Waals surface area contributed by atoms with Gasteiger partial charge in [-0.05, 0) is 33.2 Å². The summed E-state index contributed by atoms with van der Waals surface area (Å²) in [6.07, 6.45) is 4.35. The van der Waals surface area contributed by atoms with Crippen molar-refractivity contribution < 1.29 is 9.47 Å². The van der Waals surface area contributed by atoms with Gasteiger partial charge in [0.1, 0.15) is 12.1 Å². The molecule has 0 saturated carbocycles. The zero-order valence-corrected chi connectivity index (χ0v) is 12.8. The van der Waals surface area contributed by atoms with Crippen LogP contribution in [0.4, 0.5) is 5.82 Å². The normalized spacial score (nSPS) is 25.6. The van der Waals surface area contributed by atoms with Crippen LogP contribution in [-0.2, 0) is 4.74 Å². The van der Waals surface area contributed by atoms with Gasteiger partial charge in [-0.3, -0.25) is 4.90 Å². The Morgan fingerprint density at radius 1 is 1.48 bits per heavy atom. The zero-order chi connectivity index (χ0) is 14.7. The van der Waals surface area contributed by atoms with Crippen LogP contribution in [-0.4, -0.2) is 59.9 Å². The first-order valence-electron chi connectivity index (χ1n) is 7.82. The number of nitrogens with zero attached hydrogens (tertiary/aromatic N) is 3. The van der Waals surface area contributed by atoms with E-state index in [0.717, 1.165) is 31.1 Å². The van der Waals surface area contributed by atoms with Gasteiger partial charge in [-0.1, -0.05) is 0 Å². The maximum atomic E-state index is 5.95. The summed E-state index contributed by atoms with van der Waals surface area (Å²) >= 11 is 0. The number of rotatable bonds is 5. The van der Waals surface area contributed by atoms with E-state index in [1.54, 1.807) is 6.33 Å². The van der Waals surface area contributed by atoms with Crippen LogP contribution in [0, 0.1) is 6.92 Å². The maximum Gasteiger partial charge on any atom is 0.221 e. The number of aromatic nitrogens is 2. The van der Waals surface area contributed by atoms with E-state index in [-0.39, 0.29) is 6.10 Å². The molecule has 6 heteroatoms. The van der Waals surface area contributed by atoms with Crippen LogP contribution in [0.5, 0.6) is 5.88 Å². The van der Waals surface area contributed by atoms with E-state index in [0.29, 0.717) is 18.5 Å². The molecule has 21 heavy (non-hydrogen) atoms. The van der Waals surface area contributed by atoms with Gasteiger partial charge in [0.25, 0.3) is 0 Å². The molecule has 0 amide bonds. The van der Waals surface area contributed by atoms with Gasteiger partial charge >= 0.3 is 0 Å². The fourth-order valence-electron chi connectivity index (χ4n) is 3.11. The summed E-state index contributed by atoms with van der Waals surface area (Å²) in [6, 6.07) is 0.645. The maximum absolute atomic E-state index is 5.95. The van der Waals surface area contributed by atoms with Crippen LogP contribution < -0.4 is 10.1 Å². The molecule has 0 bridgehead atoms. The monoisotopic (exact) mass is 292 g/mol. The molecule has 2 aliphatic heterocycles. The number of anilines is 1. The molecular formula is C15H24N4O2. The van der Waals surface area contributed by atoms with Gasteiger partial charge in [0.15, 0.2) is 0 Å². The summed E-state index contributed by atoms with van der Waals surface area (Å²) in [4.78, 5) is 11.0. The Kier molecular flexibility index (Phi) is 4.55. The van der Waals surface area contributed by atoms with E-state index >= 15 is 0 Å². The Morgan fingerprint density at radius 2 is 2.38 bits per heavy atom. The quantitative estimate of drug-likeness (QED) is 0.886. The zero-order valence-electron chi connectivity index (χ0n) is 12.8. The predicted molar refractivity (Wildman–Crippen MR) is 80.8 cm³/mol. The molecule has 2 unspecified atom stereocenters.